The third-order valence-corrected chi connectivity index (χ3v) is 7.06. The number of halogens is 1. The van der Waals surface area contributed by atoms with Crippen LogP contribution < -0.4 is 10.1 Å². The summed E-state index contributed by atoms with van der Waals surface area (Å²) >= 11 is 7.69. The molecule has 2 atom stereocenters. The molecule has 0 bridgehead atoms. The summed E-state index contributed by atoms with van der Waals surface area (Å²) in [4.78, 5) is 30.8. The molecule has 1 aliphatic rings. The van der Waals surface area contributed by atoms with Crippen LogP contribution in [-0.4, -0.2) is 54.5 Å². The fraction of sp³-hybridized carbons (Fsp3) is 0.500. The highest BCUT2D eigenvalue weighted by atomic mass is 35.5. The van der Waals surface area contributed by atoms with E-state index in [9.17, 15) is 9.59 Å². The summed E-state index contributed by atoms with van der Waals surface area (Å²) in [7, 11) is 0. The molecule has 32 heavy (non-hydrogen) atoms. The van der Waals surface area contributed by atoms with Crippen LogP contribution in [0.4, 0.5) is 4.79 Å². The van der Waals surface area contributed by atoms with Crippen molar-refractivity contribution >= 4 is 34.9 Å². The van der Waals surface area contributed by atoms with Gasteiger partial charge in [0.1, 0.15) is 18.9 Å². The average Bonchev–Trinajstić information content (AvgIpc) is 3.27. The van der Waals surface area contributed by atoms with Crippen molar-refractivity contribution in [2.75, 3.05) is 32.8 Å². The maximum atomic E-state index is 13.4. The summed E-state index contributed by atoms with van der Waals surface area (Å²) in [6.45, 7) is 8.19. The number of nitrogens with one attached hydrogen (secondary N) is 1. The summed E-state index contributed by atoms with van der Waals surface area (Å²) in [6, 6.07) is 8.93. The number of fused-ring (bicyclic) bond motifs is 1. The highest BCUT2D eigenvalue weighted by Gasteiger charge is 2.33. The lowest BCUT2D eigenvalue weighted by atomic mass is 10.00. The van der Waals surface area contributed by atoms with Crippen molar-refractivity contribution in [1.29, 1.82) is 0 Å². The molecule has 0 spiro atoms. The summed E-state index contributed by atoms with van der Waals surface area (Å²) < 4.78 is 6.04. The minimum absolute atomic E-state index is 0.0545. The van der Waals surface area contributed by atoms with Crippen molar-refractivity contribution in [1.82, 2.24) is 15.1 Å². The molecule has 2 heterocycles. The molecular formula is C24H32ClN3O3S. The van der Waals surface area contributed by atoms with Gasteiger partial charge >= 0.3 is 6.03 Å². The van der Waals surface area contributed by atoms with Crippen molar-refractivity contribution in [2.45, 2.75) is 39.7 Å². The van der Waals surface area contributed by atoms with E-state index in [1.807, 2.05) is 24.0 Å². The Hall–Kier alpha value is -2.25. The Morgan fingerprint density at radius 1 is 1.28 bits per heavy atom. The van der Waals surface area contributed by atoms with Gasteiger partial charge in [-0.25, -0.2) is 4.79 Å². The van der Waals surface area contributed by atoms with Gasteiger partial charge in [-0.05, 0) is 60.5 Å². The number of rotatable bonds is 9. The van der Waals surface area contributed by atoms with Crippen molar-refractivity contribution in [3.8, 4) is 5.75 Å². The average molecular weight is 478 g/mol. The quantitative estimate of drug-likeness (QED) is 0.553. The lowest BCUT2D eigenvalue weighted by molar-refractivity contribution is -0.135. The molecule has 174 valence electrons. The van der Waals surface area contributed by atoms with Gasteiger partial charge in [0.2, 0.25) is 5.91 Å². The first kappa shape index (κ1) is 24.4. The Balaban J connectivity index is 1.75. The fourth-order valence-electron chi connectivity index (χ4n) is 3.82. The molecule has 6 nitrogen and oxygen atoms in total. The second-order valence-electron chi connectivity index (χ2n) is 8.15. The molecule has 0 saturated carbocycles. The molecule has 1 aromatic carbocycles. The molecule has 0 fully saturated rings. The van der Waals surface area contributed by atoms with E-state index in [0.717, 1.165) is 18.4 Å². The van der Waals surface area contributed by atoms with Crippen LogP contribution in [0.2, 0.25) is 5.02 Å². The van der Waals surface area contributed by atoms with Crippen LogP contribution in [0.1, 0.15) is 43.7 Å². The highest BCUT2D eigenvalue weighted by Crippen LogP contribution is 2.34. The summed E-state index contributed by atoms with van der Waals surface area (Å²) in [5, 5.41) is 5.56. The third kappa shape index (κ3) is 6.17. The van der Waals surface area contributed by atoms with E-state index >= 15 is 0 Å². The predicted octanol–water partition coefficient (Wildman–Crippen LogP) is 4.98. The smallest absolute Gasteiger partial charge is 0.317 e. The zero-order valence-electron chi connectivity index (χ0n) is 19.0. The first-order valence-electron chi connectivity index (χ1n) is 11.2. The second-order valence-corrected chi connectivity index (χ2v) is 9.58. The first-order chi connectivity index (χ1) is 15.4. The normalized spacial score (nSPS) is 16.2. The molecule has 3 rings (SSSR count). The fourth-order valence-corrected chi connectivity index (χ4v) is 4.88. The van der Waals surface area contributed by atoms with Crippen molar-refractivity contribution in [3.05, 3.63) is 51.2 Å². The van der Waals surface area contributed by atoms with Crippen molar-refractivity contribution < 1.29 is 14.3 Å². The van der Waals surface area contributed by atoms with Gasteiger partial charge in [0.15, 0.2) is 0 Å². The van der Waals surface area contributed by atoms with E-state index in [1.165, 1.54) is 4.88 Å². The van der Waals surface area contributed by atoms with Crippen molar-refractivity contribution in [3.63, 3.8) is 0 Å². The first-order valence-corrected chi connectivity index (χ1v) is 12.5. The lowest BCUT2D eigenvalue weighted by Crippen LogP contribution is -2.50. The Morgan fingerprint density at radius 3 is 2.72 bits per heavy atom. The largest absolute Gasteiger partial charge is 0.491 e. The number of hydrogen-bond acceptors (Lipinski definition) is 4. The number of hydrogen-bond donors (Lipinski definition) is 1. The van der Waals surface area contributed by atoms with Crippen LogP contribution in [0, 0.1) is 5.92 Å². The Labute approximate surface area is 199 Å². The minimum Gasteiger partial charge on any atom is -0.491 e. The standard InChI is InChI=1S/C24H32ClN3O3S/c1-4-17(3)14-27(24(30)26-5-2)15-23(29)28-12-10-22-20(11-13-32-22)21(28)16-31-19-8-6-18(25)7-9-19/h6-9,11,13,17,21H,4-5,10,12,14-16H2,1-3H3,(H,26,30)/t17-,21-/m0/s1. The van der Waals surface area contributed by atoms with Gasteiger partial charge in [0, 0.05) is 29.5 Å². The van der Waals surface area contributed by atoms with E-state index in [-0.39, 0.29) is 24.5 Å². The topological polar surface area (TPSA) is 61.9 Å². The number of urea groups is 1. The lowest BCUT2D eigenvalue weighted by Gasteiger charge is -2.37. The summed E-state index contributed by atoms with van der Waals surface area (Å²) in [5.74, 6) is 0.977. The SMILES string of the molecule is CCNC(=O)N(CC(=O)N1CCc2sccc2[C@@H]1COc1ccc(Cl)cc1)C[C@@H](C)CC. The second kappa shape index (κ2) is 11.6. The Bertz CT molecular complexity index is 902. The van der Waals surface area contributed by atoms with Crippen LogP contribution in [0.25, 0.3) is 0 Å². The van der Waals surface area contributed by atoms with Gasteiger partial charge in [0.25, 0.3) is 0 Å². The minimum atomic E-state index is -0.191. The van der Waals surface area contributed by atoms with E-state index in [1.54, 1.807) is 28.4 Å². The number of benzene rings is 1. The molecule has 0 unspecified atom stereocenters. The van der Waals surface area contributed by atoms with Crippen LogP contribution in [0.3, 0.4) is 0 Å². The molecule has 1 aromatic heterocycles. The third-order valence-electron chi connectivity index (χ3n) is 5.81. The molecule has 0 saturated heterocycles. The van der Waals surface area contributed by atoms with E-state index in [4.69, 9.17) is 16.3 Å². The summed E-state index contributed by atoms with van der Waals surface area (Å²) in [6.07, 6.45) is 1.77. The predicted molar refractivity (Wildman–Crippen MR) is 130 cm³/mol. The van der Waals surface area contributed by atoms with Crippen LogP contribution in [-0.2, 0) is 11.2 Å². The number of thiophene rings is 1. The summed E-state index contributed by atoms with van der Waals surface area (Å²) in [5.41, 5.74) is 1.13. The molecule has 8 heteroatoms. The van der Waals surface area contributed by atoms with Crippen LogP contribution >= 0.6 is 22.9 Å². The molecule has 0 radical (unpaired) electrons. The number of carbonyl (C=O) groups excluding carboxylic acids is 2. The zero-order chi connectivity index (χ0) is 23.1. The van der Waals surface area contributed by atoms with E-state index < -0.39 is 0 Å². The van der Waals surface area contributed by atoms with Gasteiger partial charge in [-0.15, -0.1) is 11.3 Å². The van der Waals surface area contributed by atoms with Gasteiger partial charge in [-0.3, -0.25) is 4.79 Å². The molecular weight excluding hydrogens is 446 g/mol. The zero-order valence-corrected chi connectivity index (χ0v) is 20.5. The van der Waals surface area contributed by atoms with E-state index in [2.05, 4.69) is 30.6 Å². The highest BCUT2D eigenvalue weighted by molar-refractivity contribution is 7.10. The Kier molecular flexibility index (Phi) is 8.82. The Morgan fingerprint density at radius 2 is 2.03 bits per heavy atom. The van der Waals surface area contributed by atoms with Gasteiger partial charge < -0.3 is 19.9 Å². The number of carbonyl (C=O) groups is 2. The van der Waals surface area contributed by atoms with Crippen molar-refractivity contribution in [2.24, 2.45) is 5.92 Å². The monoisotopic (exact) mass is 477 g/mol. The molecule has 1 aliphatic heterocycles. The number of nitrogens with zero attached hydrogens (tertiary/aromatic N) is 2. The van der Waals surface area contributed by atoms with Crippen LogP contribution in [0.5, 0.6) is 5.75 Å². The molecule has 3 amide bonds. The molecule has 2 aromatic rings. The maximum Gasteiger partial charge on any atom is 0.317 e. The van der Waals surface area contributed by atoms with Gasteiger partial charge in [-0.1, -0.05) is 31.9 Å². The van der Waals surface area contributed by atoms with Gasteiger partial charge in [0.05, 0.1) is 6.04 Å². The van der Waals surface area contributed by atoms with Crippen LogP contribution in [0.15, 0.2) is 35.7 Å². The number of amides is 3. The van der Waals surface area contributed by atoms with E-state index in [0.29, 0.717) is 42.9 Å². The van der Waals surface area contributed by atoms with Gasteiger partial charge in [-0.2, -0.15) is 0 Å². The molecule has 0 aliphatic carbocycles. The number of ether oxygens (including phenoxy) is 1. The molecule has 1 N–H and O–H groups in total. The maximum absolute atomic E-state index is 13.4.